The lowest BCUT2D eigenvalue weighted by molar-refractivity contribution is 0.176. The van der Waals surface area contributed by atoms with Crippen LogP contribution in [-0.4, -0.2) is 36.1 Å². The molecule has 0 fully saturated rings. The molecular weight excluding hydrogens is 250 g/mol. The number of hydrogen-bond acceptors (Lipinski definition) is 2. The predicted octanol–water partition coefficient (Wildman–Crippen LogP) is 3.24. The highest BCUT2D eigenvalue weighted by Crippen LogP contribution is 2.08. The first-order valence-corrected chi connectivity index (χ1v) is 7.27. The number of hydrogen-bond donors (Lipinski definition) is 2. The lowest BCUT2D eigenvalue weighted by atomic mass is 10.2. The molecule has 0 saturated heterocycles. The number of amides is 2. The van der Waals surface area contributed by atoms with E-state index in [1.807, 2.05) is 31.2 Å². The van der Waals surface area contributed by atoms with Crippen LogP contribution in [0.2, 0.25) is 0 Å². The summed E-state index contributed by atoms with van der Waals surface area (Å²) in [5, 5.41) is 5.73. The van der Waals surface area contributed by atoms with Crippen LogP contribution in [0.1, 0.15) is 33.3 Å². The molecule has 1 rings (SSSR count). The van der Waals surface area contributed by atoms with Gasteiger partial charge < -0.3 is 10.6 Å². The van der Waals surface area contributed by atoms with Crippen molar-refractivity contribution < 1.29 is 4.79 Å². The first-order chi connectivity index (χ1) is 9.40. The quantitative estimate of drug-likeness (QED) is 0.838. The fourth-order valence-electron chi connectivity index (χ4n) is 2.22. The lowest BCUT2D eigenvalue weighted by Crippen LogP contribution is -2.43. The van der Waals surface area contributed by atoms with Crippen LogP contribution in [0.3, 0.4) is 0 Å². The van der Waals surface area contributed by atoms with E-state index in [1.165, 1.54) is 5.56 Å². The Morgan fingerprint density at radius 1 is 1.10 bits per heavy atom. The van der Waals surface area contributed by atoms with Crippen LogP contribution in [0.15, 0.2) is 24.3 Å². The van der Waals surface area contributed by atoms with Gasteiger partial charge in [0, 0.05) is 30.9 Å². The second-order valence-corrected chi connectivity index (χ2v) is 5.67. The van der Waals surface area contributed by atoms with Gasteiger partial charge in [0.25, 0.3) is 0 Å². The van der Waals surface area contributed by atoms with E-state index in [2.05, 4.69) is 43.2 Å². The molecule has 0 aliphatic carbocycles. The summed E-state index contributed by atoms with van der Waals surface area (Å²) in [4.78, 5) is 14.1. The normalized spacial score (nSPS) is 11.2. The van der Waals surface area contributed by atoms with Gasteiger partial charge in [-0.05, 0) is 46.8 Å². The number of carbonyl (C=O) groups is 1. The second kappa shape index (κ2) is 7.90. The fraction of sp³-hybridized carbons (Fsp3) is 0.562. The minimum atomic E-state index is -0.152. The Bertz CT molecular complexity index is 404. The van der Waals surface area contributed by atoms with Gasteiger partial charge in [-0.2, -0.15) is 0 Å². The van der Waals surface area contributed by atoms with Crippen molar-refractivity contribution >= 4 is 11.7 Å². The number of anilines is 1. The van der Waals surface area contributed by atoms with Crippen LogP contribution in [0.5, 0.6) is 0 Å². The Kier molecular flexibility index (Phi) is 6.52. The Labute approximate surface area is 122 Å². The third-order valence-electron chi connectivity index (χ3n) is 3.29. The summed E-state index contributed by atoms with van der Waals surface area (Å²) in [6.07, 6.45) is 0. The van der Waals surface area contributed by atoms with E-state index >= 15 is 0 Å². The van der Waals surface area contributed by atoms with Gasteiger partial charge in [0.2, 0.25) is 0 Å². The molecule has 2 amide bonds. The van der Waals surface area contributed by atoms with E-state index in [1.54, 1.807) is 0 Å². The number of benzene rings is 1. The average molecular weight is 277 g/mol. The summed E-state index contributed by atoms with van der Waals surface area (Å²) in [6.45, 7) is 12.2. The molecule has 4 heteroatoms. The van der Waals surface area contributed by atoms with Crippen LogP contribution in [0, 0.1) is 6.92 Å². The molecule has 0 saturated carbocycles. The molecular formula is C16H27N3O. The van der Waals surface area contributed by atoms with Gasteiger partial charge in [-0.1, -0.05) is 17.7 Å². The van der Waals surface area contributed by atoms with Crippen molar-refractivity contribution in [3.63, 3.8) is 0 Å². The SMILES string of the molecule is Cc1ccc(NC(=O)NCCN(C(C)C)C(C)C)cc1. The van der Waals surface area contributed by atoms with Gasteiger partial charge in [0.05, 0.1) is 0 Å². The Balaban J connectivity index is 2.34. The summed E-state index contributed by atoms with van der Waals surface area (Å²) in [7, 11) is 0. The summed E-state index contributed by atoms with van der Waals surface area (Å²) in [6, 6.07) is 8.59. The zero-order valence-corrected chi connectivity index (χ0v) is 13.2. The zero-order chi connectivity index (χ0) is 15.1. The van der Waals surface area contributed by atoms with Gasteiger partial charge in [0.15, 0.2) is 0 Å². The molecule has 1 aromatic carbocycles. The molecule has 112 valence electrons. The molecule has 0 unspecified atom stereocenters. The standard InChI is InChI=1S/C16H27N3O/c1-12(2)19(13(3)4)11-10-17-16(20)18-15-8-6-14(5)7-9-15/h6-9,12-13H,10-11H2,1-5H3,(H2,17,18,20). The smallest absolute Gasteiger partial charge is 0.319 e. The number of nitrogens with zero attached hydrogens (tertiary/aromatic N) is 1. The monoisotopic (exact) mass is 277 g/mol. The van der Waals surface area contributed by atoms with E-state index in [4.69, 9.17) is 0 Å². The summed E-state index contributed by atoms with van der Waals surface area (Å²) < 4.78 is 0. The van der Waals surface area contributed by atoms with Crippen molar-refractivity contribution in [2.24, 2.45) is 0 Å². The van der Waals surface area contributed by atoms with Gasteiger partial charge in [-0.3, -0.25) is 4.90 Å². The number of carbonyl (C=O) groups excluding carboxylic acids is 1. The molecule has 0 heterocycles. The molecule has 0 aromatic heterocycles. The fourth-order valence-corrected chi connectivity index (χ4v) is 2.22. The number of rotatable bonds is 6. The molecule has 0 bridgehead atoms. The average Bonchev–Trinajstić information content (AvgIpc) is 2.36. The Morgan fingerprint density at radius 3 is 2.15 bits per heavy atom. The summed E-state index contributed by atoms with van der Waals surface area (Å²) >= 11 is 0. The van der Waals surface area contributed by atoms with E-state index in [9.17, 15) is 4.79 Å². The van der Waals surface area contributed by atoms with Crippen LogP contribution < -0.4 is 10.6 Å². The van der Waals surface area contributed by atoms with Crippen molar-refractivity contribution in [1.82, 2.24) is 10.2 Å². The van der Waals surface area contributed by atoms with Gasteiger partial charge in [-0.15, -0.1) is 0 Å². The van der Waals surface area contributed by atoms with E-state index < -0.39 is 0 Å². The van der Waals surface area contributed by atoms with Crippen molar-refractivity contribution in [3.8, 4) is 0 Å². The topological polar surface area (TPSA) is 44.4 Å². The minimum absolute atomic E-state index is 0.152. The molecule has 0 aliphatic rings. The predicted molar refractivity (Wildman–Crippen MR) is 85.2 cm³/mol. The van der Waals surface area contributed by atoms with Gasteiger partial charge in [-0.25, -0.2) is 4.79 Å². The van der Waals surface area contributed by atoms with Crippen molar-refractivity contribution in [2.75, 3.05) is 18.4 Å². The first kappa shape index (κ1) is 16.5. The third-order valence-corrected chi connectivity index (χ3v) is 3.29. The third kappa shape index (κ3) is 5.61. The van der Waals surface area contributed by atoms with Crippen LogP contribution in [0.25, 0.3) is 0 Å². The molecule has 0 radical (unpaired) electrons. The van der Waals surface area contributed by atoms with Crippen LogP contribution in [-0.2, 0) is 0 Å². The highest BCUT2D eigenvalue weighted by atomic mass is 16.2. The maximum Gasteiger partial charge on any atom is 0.319 e. The molecule has 2 N–H and O–H groups in total. The minimum Gasteiger partial charge on any atom is -0.337 e. The van der Waals surface area contributed by atoms with Gasteiger partial charge in [0.1, 0.15) is 0 Å². The van der Waals surface area contributed by atoms with Gasteiger partial charge >= 0.3 is 6.03 Å². The molecule has 0 atom stereocenters. The molecule has 1 aromatic rings. The van der Waals surface area contributed by atoms with E-state index in [-0.39, 0.29) is 6.03 Å². The highest BCUT2D eigenvalue weighted by Gasteiger charge is 2.12. The summed E-state index contributed by atoms with van der Waals surface area (Å²) in [5.41, 5.74) is 2.00. The van der Waals surface area contributed by atoms with Crippen molar-refractivity contribution in [2.45, 2.75) is 46.7 Å². The van der Waals surface area contributed by atoms with E-state index in [0.29, 0.717) is 18.6 Å². The maximum absolute atomic E-state index is 11.8. The second-order valence-electron chi connectivity index (χ2n) is 5.67. The molecule has 0 aliphatic heterocycles. The van der Waals surface area contributed by atoms with Crippen LogP contribution in [0.4, 0.5) is 10.5 Å². The highest BCUT2D eigenvalue weighted by molar-refractivity contribution is 5.89. The number of nitrogens with one attached hydrogen (secondary N) is 2. The molecule has 20 heavy (non-hydrogen) atoms. The number of aryl methyl sites for hydroxylation is 1. The Morgan fingerprint density at radius 2 is 1.65 bits per heavy atom. The van der Waals surface area contributed by atoms with E-state index in [0.717, 1.165) is 12.2 Å². The first-order valence-electron chi connectivity index (χ1n) is 7.27. The lowest BCUT2D eigenvalue weighted by Gasteiger charge is -2.30. The van der Waals surface area contributed by atoms with Crippen LogP contribution >= 0.6 is 0 Å². The maximum atomic E-state index is 11.8. The number of urea groups is 1. The largest absolute Gasteiger partial charge is 0.337 e. The zero-order valence-electron chi connectivity index (χ0n) is 13.2. The molecule has 4 nitrogen and oxygen atoms in total. The molecule has 0 spiro atoms. The summed E-state index contributed by atoms with van der Waals surface area (Å²) in [5.74, 6) is 0. The van der Waals surface area contributed by atoms with Crippen molar-refractivity contribution in [3.05, 3.63) is 29.8 Å². The van der Waals surface area contributed by atoms with Crippen molar-refractivity contribution in [1.29, 1.82) is 0 Å². The Hall–Kier alpha value is -1.55.